The van der Waals surface area contributed by atoms with Gasteiger partial charge in [-0.1, -0.05) is 32.6 Å². The predicted molar refractivity (Wildman–Crippen MR) is 94.5 cm³/mol. The number of piperidine rings is 1. The molecule has 5 nitrogen and oxygen atoms in total. The maximum Gasteiger partial charge on any atom is 0.225 e. The fourth-order valence-electron chi connectivity index (χ4n) is 4.06. The van der Waals surface area contributed by atoms with E-state index in [-0.39, 0.29) is 30.2 Å². The van der Waals surface area contributed by atoms with Crippen LogP contribution in [0.2, 0.25) is 0 Å². The van der Waals surface area contributed by atoms with E-state index in [0.717, 1.165) is 57.8 Å². The number of carbonyl (C=O) groups is 2. The summed E-state index contributed by atoms with van der Waals surface area (Å²) in [6.45, 7) is 5.36. The molecular formula is C19H34N2O3. The van der Waals surface area contributed by atoms with Crippen molar-refractivity contribution in [2.75, 3.05) is 13.1 Å². The van der Waals surface area contributed by atoms with E-state index in [4.69, 9.17) is 0 Å². The van der Waals surface area contributed by atoms with Crippen molar-refractivity contribution in [2.45, 2.75) is 89.7 Å². The van der Waals surface area contributed by atoms with E-state index < -0.39 is 5.60 Å². The number of nitrogens with zero attached hydrogens (tertiary/aromatic N) is 1. The molecule has 0 spiro atoms. The Morgan fingerprint density at radius 2 is 1.96 bits per heavy atom. The minimum absolute atomic E-state index is 0.0125. The fourth-order valence-corrected chi connectivity index (χ4v) is 4.06. The van der Waals surface area contributed by atoms with Gasteiger partial charge in [-0.2, -0.15) is 0 Å². The first-order chi connectivity index (χ1) is 11.4. The maximum atomic E-state index is 12.6. The third-order valence-corrected chi connectivity index (χ3v) is 5.52. The maximum absolute atomic E-state index is 12.6. The molecule has 1 aliphatic heterocycles. The van der Waals surface area contributed by atoms with E-state index in [2.05, 4.69) is 12.2 Å². The van der Waals surface area contributed by atoms with Gasteiger partial charge in [0.1, 0.15) is 0 Å². The summed E-state index contributed by atoms with van der Waals surface area (Å²) in [5.74, 6) is -0.0219. The standard InChI is InChI=1S/C19H34N2O3/c1-3-8-15(2)20-18(23)16-9-7-12-21(14-16)17(22)13-19(24)10-5-4-6-11-19/h15-16,24H,3-14H2,1-2H3,(H,20,23). The molecule has 0 radical (unpaired) electrons. The number of hydrogen-bond acceptors (Lipinski definition) is 3. The first-order valence-electron chi connectivity index (χ1n) is 9.74. The van der Waals surface area contributed by atoms with Crippen molar-refractivity contribution in [1.29, 1.82) is 0 Å². The van der Waals surface area contributed by atoms with Gasteiger partial charge < -0.3 is 15.3 Å². The van der Waals surface area contributed by atoms with Gasteiger partial charge in [0.05, 0.1) is 17.9 Å². The lowest BCUT2D eigenvalue weighted by molar-refractivity contribution is -0.141. The van der Waals surface area contributed by atoms with Gasteiger partial charge in [-0.15, -0.1) is 0 Å². The fraction of sp³-hybridized carbons (Fsp3) is 0.895. The van der Waals surface area contributed by atoms with Crippen molar-refractivity contribution in [3.05, 3.63) is 0 Å². The van der Waals surface area contributed by atoms with Crippen molar-refractivity contribution < 1.29 is 14.7 Å². The lowest BCUT2D eigenvalue weighted by atomic mass is 9.82. The summed E-state index contributed by atoms with van der Waals surface area (Å²) in [6, 6.07) is 0.191. The molecule has 2 amide bonds. The lowest BCUT2D eigenvalue weighted by Gasteiger charge is -2.37. The van der Waals surface area contributed by atoms with Gasteiger partial charge in [0.15, 0.2) is 0 Å². The molecule has 1 aliphatic carbocycles. The average molecular weight is 338 g/mol. The Morgan fingerprint density at radius 1 is 1.25 bits per heavy atom. The SMILES string of the molecule is CCCC(C)NC(=O)C1CCCN(C(=O)CC2(O)CCCCC2)C1. The lowest BCUT2D eigenvalue weighted by Crippen LogP contribution is -2.49. The molecule has 2 atom stereocenters. The first-order valence-corrected chi connectivity index (χ1v) is 9.74. The summed E-state index contributed by atoms with van der Waals surface area (Å²) < 4.78 is 0. The molecule has 0 bridgehead atoms. The van der Waals surface area contributed by atoms with Crippen LogP contribution in [-0.4, -0.2) is 46.6 Å². The summed E-state index contributed by atoms with van der Waals surface area (Å²) in [7, 11) is 0. The molecule has 1 saturated heterocycles. The number of likely N-dealkylation sites (tertiary alicyclic amines) is 1. The molecule has 1 saturated carbocycles. The molecule has 0 aromatic carbocycles. The van der Waals surface area contributed by atoms with Gasteiger partial charge in [0.25, 0.3) is 0 Å². The Kier molecular flexibility index (Phi) is 7.08. The number of aliphatic hydroxyl groups is 1. The summed E-state index contributed by atoms with van der Waals surface area (Å²) in [5, 5.41) is 13.7. The van der Waals surface area contributed by atoms with Gasteiger partial charge in [0.2, 0.25) is 11.8 Å². The van der Waals surface area contributed by atoms with Gasteiger partial charge in [-0.25, -0.2) is 0 Å². The normalized spacial score (nSPS) is 25.1. The Balaban J connectivity index is 1.85. The number of rotatable bonds is 6. The van der Waals surface area contributed by atoms with Gasteiger partial charge in [-0.05, 0) is 39.0 Å². The van der Waals surface area contributed by atoms with E-state index >= 15 is 0 Å². The van der Waals surface area contributed by atoms with Crippen LogP contribution >= 0.6 is 0 Å². The highest BCUT2D eigenvalue weighted by molar-refractivity contribution is 5.82. The Hall–Kier alpha value is -1.10. The Bertz CT molecular complexity index is 432. The van der Waals surface area contributed by atoms with E-state index in [1.54, 1.807) is 4.90 Å². The van der Waals surface area contributed by atoms with Crippen molar-refractivity contribution in [3.63, 3.8) is 0 Å². The molecule has 2 unspecified atom stereocenters. The summed E-state index contributed by atoms with van der Waals surface area (Å²) >= 11 is 0. The van der Waals surface area contributed by atoms with Crippen LogP contribution in [-0.2, 0) is 9.59 Å². The van der Waals surface area contributed by atoms with Gasteiger partial charge >= 0.3 is 0 Å². The molecular weight excluding hydrogens is 304 g/mol. The quantitative estimate of drug-likeness (QED) is 0.782. The van der Waals surface area contributed by atoms with E-state index in [1.807, 2.05) is 6.92 Å². The number of hydrogen-bond donors (Lipinski definition) is 2. The second kappa shape index (κ2) is 8.84. The minimum Gasteiger partial charge on any atom is -0.389 e. The zero-order valence-electron chi connectivity index (χ0n) is 15.4. The van der Waals surface area contributed by atoms with Crippen molar-refractivity contribution in [1.82, 2.24) is 10.2 Å². The largest absolute Gasteiger partial charge is 0.389 e. The van der Waals surface area contributed by atoms with Crippen molar-refractivity contribution in [3.8, 4) is 0 Å². The molecule has 24 heavy (non-hydrogen) atoms. The van der Waals surface area contributed by atoms with Crippen LogP contribution in [0.4, 0.5) is 0 Å². The van der Waals surface area contributed by atoms with Gasteiger partial charge in [0, 0.05) is 19.1 Å². The van der Waals surface area contributed by atoms with E-state index in [0.29, 0.717) is 13.1 Å². The monoisotopic (exact) mass is 338 g/mol. The van der Waals surface area contributed by atoms with Crippen LogP contribution in [0.1, 0.15) is 78.1 Å². The van der Waals surface area contributed by atoms with Crippen LogP contribution in [0.25, 0.3) is 0 Å². The van der Waals surface area contributed by atoms with Crippen molar-refractivity contribution in [2.24, 2.45) is 5.92 Å². The Labute approximate surface area is 146 Å². The second-order valence-corrected chi connectivity index (χ2v) is 7.84. The van der Waals surface area contributed by atoms with Crippen LogP contribution in [0.3, 0.4) is 0 Å². The molecule has 1 heterocycles. The average Bonchev–Trinajstić information content (AvgIpc) is 2.55. The summed E-state index contributed by atoms with van der Waals surface area (Å²) in [6.07, 6.45) is 8.57. The molecule has 138 valence electrons. The minimum atomic E-state index is -0.819. The van der Waals surface area contributed by atoms with E-state index in [1.165, 1.54) is 0 Å². The highest BCUT2D eigenvalue weighted by atomic mass is 16.3. The number of nitrogens with one attached hydrogen (secondary N) is 1. The zero-order chi connectivity index (χ0) is 17.6. The van der Waals surface area contributed by atoms with Crippen LogP contribution in [0, 0.1) is 5.92 Å². The smallest absolute Gasteiger partial charge is 0.225 e. The second-order valence-electron chi connectivity index (χ2n) is 7.84. The van der Waals surface area contributed by atoms with E-state index in [9.17, 15) is 14.7 Å². The third-order valence-electron chi connectivity index (χ3n) is 5.52. The highest BCUT2D eigenvalue weighted by Crippen LogP contribution is 2.32. The predicted octanol–water partition coefficient (Wildman–Crippen LogP) is 2.62. The molecule has 2 fully saturated rings. The molecule has 2 N–H and O–H groups in total. The summed E-state index contributed by atoms with van der Waals surface area (Å²) in [4.78, 5) is 26.8. The molecule has 2 rings (SSSR count). The van der Waals surface area contributed by atoms with Crippen LogP contribution in [0.5, 0.6) is 0 Å². The molecule has 2 aliphatic rings. The third kappa shape index (κ3) is 5.47. The van der Waals surface area contributed by atoms with Crippen molar-refractivity contribution >= 4 is 11.8 Å². The van der Waals surface area contributed by atoms with Gasteiger partial charge in [-0.3, -0.25) is 9.59 Å². The number of carbonyl (C=O) groups excluding carboxylic acids is 2. The summed E-state index contributed by atoms with van der Waals surface area (Å²) in [5.41, 5.74) is -0.819. The topological polar surface area (TPSA) is 69.6 Å². The molecule has 5 heteroatoms. The highest BCUT2D eigenvalue weighted by Gasteiger charge is 2.35. The number of amides is 2. The Morgan fingerprint density at radius 3 is 2.62 bits per heavy atom. The zero-order valence-corrected chi connectivity index (χ0v) is 15.4. The first kappa shape index (κ1) is 19.2. The molecule has 0 aromatic heterocycles. The van der Waals surface area contributed by atoms with Crippen LogP contribution in [0.15, 0.2) is 0 Å². The molecule has 0 aromatic rings. The van der Waals surface area contributed by atoms with Crippen LogP contribution < -0.4 is 5.32 Å².